The Balaban J connectivity index is 2.31. The highest BCUT2D eigenvalue weighted by molar-refractivity contribution is 8.01. The van der Waals surface area contributed by atoms with E-state index in [0.717, 1.165) is 20.5 Å². The summed E-state index contributed by atoms with van der Waals surface area (Å²) in [6.45, 7) is 7.64. The van der Waals surface area contributed by atoms with Crippen molar-refractivity contribution in [2.75, 3.05) is 15.9 Å². The largest absolute Gasteiger partial charge is 0.299 e. The Bertz CT molecular complexity index is 947. The molecule has 1 aromatic heterocycles. The zero-order valence-electron chi connectivity index (χ0n) is 16.3. The summed E-state index contributed by atoms with van der Waals surface area (Å²) in [5.74, 6) is -0.470. The van der Waals surface area contributed by atoms with Crippen molar-refractivity contribution in [3.8, 4) is 0 Å². The first-order valence-electron chi connectivity index (χ1n) is 8.59. The summed E-state index contributed by atoms with van der Waals surface area (Å²) in [6.07, 6.45) is 1.34. The minimum Gasteiger partial charge on any atom is -0.299 e. The number of aryl methyl sites for hydroxylation is 1. The van der Waals surface area contributed by atoms with Crippen molar-refractivity contribution in [2.45, 2.75) is 49.7 Å². The molecule has 0 radical (unpaired) electrons. The van der Waals surface area contributed by atoms with E-state index in [4.69, 9.17) is 11.6 Å². The lowest BCUT2D eigenvalue weighted by Crippen LogP contribution is -2.47. The Morgan fingerprint density at radius 2 is 2.04 bits per heavy atom. The lowest BCUT2D eigenvalue weighted by molar-refractivity contribution is -0.117. The molecule has 0 spiro atoms. The van der Waals surface area contributed by atoms with Gasteiger partial charge in [0.25, 0.3) is 0 Å². The van der Waals surface area contributed by atoms with Crippen molar-refractivity contribution in [1.29, 1.82) is 0 Å². The Kier molecular flexibility index (Phi) is 7.72. The third-order valence-corrected chi connectivity index (χ3v) is 7.23. The Hall–Kier alpha value is -1.36. The summed E-state index contributed by atoms with van der Waals surface area (Å²) in [5.41, 5.74) is 1.16. The van der Waals surface area contributed by atoms with Crippen LogP contribution in [-0.4, -0.2) is 42.1 Å². The summed E-state index contributed by atoms with van der Waals surface area (Å²) in [4.78, 5) is 12.9. The number of nitrogens with one attached hydrogen (secondary N) is 1. The number of rotatable bonds is 8. The predicted octanol–water partition coefficient (Wildman–Crippen LogP) is 4.18. The second-order valence-electron chi connectivity index (χ2n) is 6.45. The molecule has 154 valence electrons. The highest BCUT2D eigenvalue weighted by atomic mass is 35.5. The number of anilines is 2. The average molecular weight is 463 g/mol. The van der Waals surface area contributed by atoms with E-state index < -0.39 is 22.0 Å². The summed E-state index contributed by atoms with van der Waals surface area (Å²) >= 11 is 8.97. The second-order valence-corrected chi connectivity index (χ2v) is 11.5. The molecule has 28 heavy (non-hydrogen) atoms. The second kappa shape index (κ2) is 9.43. The molecule has 0 aliphatic heterocycles. The monoisotopic (exact) mass is 462 g/mol. The Labute approximate surface area is 178 Å². The lowest BCUT2D eigenvalue weighted by atomic mass is 10.1. The van der Waals surface area contributed by atoms with Gasteiger partial charge in [0.05, 0.1) is 11.9 Å². The Morgan fingerprint density at radius 1 is 1.36 bits per heavy atom. The van der Waals surface area contributed by atoms with Crippen LogP contribution in [0.3, 0.4) is 0 Å². The number of amides is 1. The van der Waals surface area contributed by atoms with Gasteiger partial charge < -0.3 is 0 Å². The van der Waals surface area contributed by atoms with E-state index in [9.17, 15) is 13.2 Å². The van der Waals surface area contributed by atoms with Crippen molar-refractivity contribution in [3.63, 3.8) is 0 Å². The number of thioether (sulfide) groups is 1. The molecule has 11 heteroatoms. The average Bonchev–Trinajstić information content (AvgIpc) is 3.00. The molecule has 1 heterocycles. The van der Waals surface area contributed by atoms with Gasteiger partial charge >= 0.3 is 0 Å². The molecule has 0 aliphatic carbocycles. The van der Waals surface area contributed by atoms with Gasteiger partial charge in [-0.3, -0.25) is 14.4 Å². The summed E-state index contributed by atoms with van der Waals surface area (Å²) < 4.78 is 26.8. The minimum absolute atomic E-state index is 0.275. The van der Waals surface area contributed by atoms with E-state index in [1.54, 1.807) is 36.9 Å². The van der Waals surface area contributed by atoms with Gasteiger partial charge in [0.1, 0.15) is 6.04 Å². The molecule has 1 aromatic carbocycles. The zero-order chi connectivity index (χ0) is 21.1. The van der Waals surface area contributed by atoms with E-state index in [1.165, 1.54) is 11.3 Å². The predicted molar refractivity (Wildman–Crippen MR) is 117 cm³/mol. The first-order valence-corrected chi connectivity index (χ1v) is 12.5. The van der Waals surface area contributed by atoms with Crippen LogP contribution < -0.4 is 9.62 Å². The van der Waals surface area contributed by atoms with Crippen LogP contribution >= 0.6 is 34.7 Å². The van der Waals surface area contributed by atoms with Gasteiger partial charge in [0, 0.05) is 10.3 Å². The van der Waals surface area contributed by atoms with Crippen molar-refractivity contribution >= 4 is 61.4 Å². The number of carbonyl (C=O) groups excluding carboxylic acids is 1. The van der Waals surface area contributed by atoms with Gasteiger partial charge in [-0.2, -0.15) is 0 Å². The minimum atomic E-state index is -3.73. The molecule has 7 nitrogen and oxygen atoms in total. The molecule has 1 N–H and O–H groups in total. The number of hydrogen-bond acceptors (Lipinski definition) is 7. The number of hydrogen-bond donors (Lipinski definition) is 1. The maximum Gasteiger partial charge on any atom is 0.250 e. The van der Waals surface area contributed by atoms with E-state index >= 15 is 0 Å². The van der Waals surface area contributed by atoms with Crippen molar-refractivity contribution < 1.29 is 13.2 Å². The maximum atomic E-state index is 12.9. The third-order valence-electron chi connectivity index (χ3n) is 3.71. The van der Waals surface area contributed by atoms with Crippen molar-refractivity contribution in [3.05, 3.63) is 28.8 Å². The van der Waals surface area contributed by atoms with Crippen LogP contribution in [0.2, 0.25) is 5.02 Å². The van der Waals surface area contributed by atoms with Crippen LogP contribution in [0.4, 0.5) is 10.8 Å². The molecule has 2 aromatic rings. The topological polar surface area (TPSA) is 92.3 Å². The van der Waals surface area contributed by atoms with Gasteiger partial charge in [-0.15, -0.1) is 10.2 Å². The van der Waals surface area contributed by atoms with Crippen LogP contribution in [0.25, 0.3) is 0 Å². The van der Waals surface area contributed by atoms with Crippen LogP contribution in [0.5, 0.6) is 0 Å². The number of nitrogens with zero attached hydrogens (tertiary/aromatic N) is 3. The number of aromatic nitrogens is 2. The third kappa shape index (κ3) is 5.82. The first kappa shape index (κ1) is 22.9. The van der Waals surface area contributed by atoms with Crippen molar-refractivity contribution in [1.82, 2.24) is 10.2 Å². The van der Waals surface area contributed by atoms with Crippen LogP contribution in [0, 0.1) is 6.92 Å². The zero-order valence-corrected chi connectivity index (χ0v) is 19.5. The molecule has 1 atom stereocenters. The van der Waals surface area contributed by atoms with Crippen molar-refractivity contribution in [2.24, 2.45) is 0 Å². The summed E-state index contributed by atoms with van der Waals surface area (Å²) in [6, 6.07) is 3.97. The molecular formula is C17H23ClN4O3S3. The molecule has 0 fully saturated rings. The van der Waals surface area contributed by atoms with Gasteiger partial charge in [0.2, 0.25) is 21.1 Å². The van der Waals surface area contributed by atoms with E-state index in [0.29, 0.717) is 21.1 Å². The molecule has 0 unspecified atom stereocenters. The summed E-state index contributed by atoms with van der Waals surface area (Å²) in [5, 5.41) is 11.8. The quantitative estimate of drug-likeness (QED) is 0.467. The molecule has 0 aliphatic rings. The van der Waals surface area contributed by atoms with E-state index in [1.807, 2.05) is 20.8 Å². The van der Waals surface area contributed by atoms with Gasteiger partial charge in [-0.1, -0.05) is 61.5 Å². The number of halogens is 1. The normalized spacial score (nSPS) is 12.8. The molecule has 2 rings (SSSR count). The fourth-order valence-corrected chi connectivity index (χ4v) is 5.83. The van der Waals surface area contributed by atoms with E-state index in [2.05, 4.69) is 15.5 Å². The molecule has 0 saturated heterocycles. The van der Waals surface area contributed by atoms with Gasteiger partial charge in [0.15, 0.2) is 4.34 Å². The maximum absolute atomic E-state index is 12.9. The number of carbonyl (C=O) groups is 1. The molecule has 0 saturated carbocycles. The number of sulfonamides is 1. The lowest BCUT2D eigenvalue weighted by Gasteiger charge is -2.30. The molecule has 1 amide bonds. The fourth-order valence-electron chi connectivity index (χ4n) is 2.48. The van der Waals surface area contributed by atoms with Crippen LogP contribution in [0.1, 0.15) is 32.8 Å². The number of benzene rings is 1. The first-order chi connectivity index (χ1) is 13.0. The SMILES string of the molecule is CC[C@H](C(=O)Nc1nnc(SC(C)C)s1)N(c1ccc(C)c(Cl)c1)S(C)(=O)=O. The molecular weight excluding hydrogens is 440 g/mol. The summed E-state index contributed by atoms with van der Waals surface area (Å²) in [7, 11) is -3.73. The molecule has 0 bridgehead atoms. The Morgan fingerprint density at radius 3 is 2.57 bits per heavy atom. The smallest absolute Gasteiger partial charge is 0.250 e. The highest BCUT2D eigenvalue weighted by Gasteiger charge is 2.32. The van der Waals surface area contributed by atoms with Crippen LogP contribution in [0.15, 0.2) is 22.5 Å². The fraction of sp³-hybridized carbons (Fsp3) is 0.471. The standard InChI is InChI=1S/C17H23ClN4O3S3/c1-6-14(15(23)19-16-20-21-17(27-16)26-10(2)3)22(28(5,24)25)12-8-7-11(4)13(18)9-12/h7-10,14H,6H2,1-5H3,(H,19,20,23)/t14-/m1/s1. The highest BCUT2D eigenvalue weighted by Crippen LogP contribution is 2.30. The van der Waals surface area contributed by atoms with Crippen LogP contribution in [-0.2, 0) is 14.8 Å². The van der Waals surface area contributed by atoms with E-state index in [-0.39, 0.29) is 6.42 Å². The van der Waals surface area contributed by atoms with Gasteiger partial charge in [-0.25, -0.2) is 8.42 Å². The van der Waals surface area contributed by atoms with Gasteiger partial charge in [-0.05, 0) is 31.0 Å².